The smallest absolute Gasteiger partial charge is 0.338 e. The third-order valence-electron chi connectivity index (χ3n) is 4.82. The van der Waals surface area contributed by atoms with Gasteiger partial charge in [-0.25, -0.2) is 13.4 Å². The van der Waals surface area contributed by atoms with Crippen LogP contribution < -0.4 is 0 Å². The molecule has 0 bridgehead atoms. The molecule has 2 aromatic rings. The van der Waals surface area contributed by atoms with Crippen molar-refractivity contribution in [2.75, 3.05) is 23.8 Å². The van der Waals surface area contributed by atoms with E-state index in [-0.39, 0.29) is 34.5 Å². The maximum absolute atomic E-state index is 13.6. The molecule has 0 spiro atoms. The van der Waals surface area contributed by atoms with Crippen molar-refractivity contribution in [2.24, 2.45) is 0 Å². The van der Waals surface area contributed by atoms with Gasteiger partial charge in [0.25, 0.3) is 0 Å². The highest BCUT2D eigenvalue weighted by molar-refractivity contribution is 8.00. The first-order valence-corrected chi connectivity index (χ1v) is 12.9. The predicted molar refractivity (Wildman–Crippen MR) is 112 cm³/mol. The second kappa shape index (κ2) is 9.18. The first-order chi connectivity index (χ1) is 14.6. The third-order valence-corrected chi connectivity index (χ3v) is 8.42. The summed E-state index contributed by atoms with van der Waals surface area (Å²) >= 11 is 1.97. The Balaban J connectivity index is 1.89. The number of nitrogens with zero attached hydrogens (tertiary/aromatic N) is 3. The van der Waals surface area contributed by atoms with Gasteiger partial charge in [-0.2, -0.15) is 18.4 Å². The molecule has 3 rings (SSSR count). The zero-order valence-electron chi connectivity index (χ0n) is 16.3. The van der Waals surface area contributed by atoms with Crippen molar-refractivity contribution in [3.05, 3.63) is 34.7 Å². The summed E-state index contributed by atoms with van der Waals surface area (Å²) < 4.78 is 64.2. The molecule has 3 heterocycles. The van der Waals surface area contributed by atoms with Gasteiger partial charge in [0.2, 0.25) is 5.91 Å². The summed E-state index contributed by atoms with van der Waals surface area (Å²) in [6, 6.07) is 5.27. The first-order valence-electron chi connectivity index (χ1n) is 9.24. The Kier molecular flexibility index (Phi) is 6.98. The second-order valence-electron chi connectivity index (χ2n) is 6.85. The molecule has 1 unspecified atom stereocenters. The van der Waals surface area contributed by atoms with Gasteiger partial charge in [-0.3, -0.25) is 4.79 Å². The van der Waals surface area contributed by atoms with Gasteiger partial charge < -0.3 is 4.90 Å². The van der Waals surface area contributed by atoms with Crippen LogP contribution in [0.25, 0.3) is 10.6 Å². The van der Waals surface area contributed by atoms with Crippen LogP contribution in [0.1, 0.15) is 24.5 Å². The number of pyridine rings is 1. The third kappa shape index (κ3) is 5.39. The van der Waals surface area contributed by atoms with Crippen LogP contribution in [0, 0.1) is 11.3 Å². The lowest BCUT2D eigenvalue weighted by molar-refractivity contribution is -0.138. The van der Waals surface area contributed by atoms with Crippen LogP contribution in [0.15, 0.2) is 28.6 Å². The van der Waals surface area contributed by atoms with Crippen LogP contribution in [-0.4, -0.2) is 54.1 Å². The first kappa shape index (κ1) is 23.6. The van der Waals surface area contributed by atoms with Crippen molar-refractivity contribution in [1.82, 2.24) is 9.88 Å². The maximum Gasteiger partial charge on any atom is 0.417 e. The number of thioether (sulfide) groups is 1. The monoisotopic (exact) mass is 489 g/mol. The summed E-state index contributed by atoms with van der Waals surface area (Å²) in [6.07, 6.45) is -4.42. The number of halogens is 3. The standard InChI is InChI=1S/C19H18F3N3O3S3/c1-2-25(12-5-7-31(27,28)11-12)17(26)10-30-18-13(9-23)14(19(20,21)22)8-15(24-18)16-4-3-6-29-16/h3-4,6,8,12H,2,5,7,10-11H2,1H3. The second-order valence-corrected chi connectivity index (χ2v) is 11.0. The minimum Gasteiger partial charge on any atom is -0.338 e. The van der Waals surface area contributed by atoms with E-state index in [1.54, 1.807) is 30.5 Å². The van der Waals surface area contributed by atoms with Gasteiger partial charge in [0.15, 0.2) is 9.84 Å². The Labute approximate surface area is 186 Å². The van der Waals surface area contributed by atoms with Crippen LogP contribution in [-0.2, 0) is 20.8 Å². The molecule has 1 atom stereocenters. The molecule has 31 heavy (non-hydrogen) atoms. The summed E-state index contributed by atoms with van der Waals surface area (Å²) in [5.41, 5.74) is -1.65. The molecule has 6 nitrogen and oxygen atoms in total. The van der Waals surface area contributed by atoms with Crippen LogP contribution in [0.5, 0.6) is 0 Å². The zero-order chi connectivity index (χ0) is 22.8. The number of hydrogen-bond acceptors (Lipinski definition) is 7. The van der Waals surface area contributed by atoms with Crippen LogP contribution >= 0.6 is 23.1 Å². The lowest BCUT2D eigenvalue weighted by atomic mass is 10.1. The molecule has 1 fully saturated rings. The van der Waals surface area contributed by atoms with Gasteiger partial charge in [0, 0.05) is 12.6 Å². The van der Waals surface area contributed by atoms with E-state index >= 15 is 0 Å². The van der Waals surface area contributed by atoms with Crippen molar-refractivity contribution >= 4 is 38.8 Å². The molecule has 0 N–H and O–H groups in total. The molecule has 12 heteroatoms. The fourth-order valence-electron chi connectivity index (χ4n) is 3.38. The van der Waals surface area contributed by atoms with E-state index < -0.39 is 39.1 Å². The van der Waals surface area contributed by atoms with Crippen molar-refractivity contribution < 1.29 is 26.4 Å². The summed E-state index contributed by atoms with van der Waals surface area (Å²) in [5.74, 6) is -0.773. The van der Waals surface area contributed by atoms with Crippen LogP contribution in [0.4, 0.5) is 13.2 Å². The molecular formula is C19H18F3N3O3S3. The van der Waals surface area contributed by atoms with Crippen LogP contribution in [0.3, 0.4) is 0 Å². The zero-order valence-corrected chi connectivity index (χ0v) is 18.8. The number of carbonyl (C=O) groups is 1. The maximum atomic E-state index is 13.6. The quantitative estimate of drug-likeness (QED) is 0.573. The fraction of sp³-hybridized carbons (Fsp3) is 0.421. The highest BCUT2D eigenvalue weighted by Crippen LogP contribution is 2.38. The van der Waals surface area contributed by atoms with Gasteiger partial charge in [-0.05, 0) is 30.9 Å². The number of sulfone groups is 1. The number of carbonyl (C=O) groups excluding carboxylic acids is 1. The minimum absolute atomic E-state index is 0.00648. The Morgan fingerprint density at radius 1 is 1.45 bits per heavy atom. The Bertz CT molecular complexity index is 1110. The molecule has 1 aliphatic heterocycles. The summed E-state index contributed by atoms with van der Waals surface area (Å²) in [5, 5.41) is 10.9. The SMILES string of the molecule is CCN(C(=O)CSc1nc(-c2cccs2)cc(C(F)(F)F)c1C#N)C1CCS(=O)(=O)C1. The van der Waals surface area contributed by atoms with E-state index in [0.29, 0.717) is 11.3 Å². The number of rotatable bonds is 6. The van der Waals surface area contributed by atoms with Gasteiger partial charge in [0.1, 0.15) is 11.1 Å². The van der Waals surface area contributed by atoms with Gasteiger partial charge in [0.05, 0.1) is 39.0 Å². The molecule has 2 aromatic heterocycles. The van der Waals surface area contributed by atoms with E-state index in [4.69, 9.17) is 0 Å². The lowest BCUT2D eigenvalue weighted by Crippen LogP contribution is -2.42. The van der Waals surface area contributed by atoms with E-state index in [9.17, 15) is 31.6 Å². The van der Waals surface area contributed by atoms with E-state index in [1.165, 1.54) is 16.2 Å². The number of thiophene rings is 1. The summed E-state index contributed by atoms with van der Waals surface area (Å²) in [4.78, 5) is 18.9. The van der Waals surface area contributed by atoms with Crippen LogP contribution in [0.2, 0.25) is 0 Å². The largest absolute Gasteiger partial charge is 0.417 e. The molecule has 0 aliphatic carbocycles. The van der Waals surface area contributed by atoms with Crippen molar-refractivity contribution in [2.45, 2.75) is 30.6 Å². The normalized spacial score (nSPS) is 18.0. The Morgan fingerprint density at radius 3 is 2.71 bits per heavy atom. The topological polar surface area (TPSA) is 91.1 Å². The van der Waals surface area contributed by atoms with E-state index in [0.717, 1.165) is 17.8 Å². The number of aromatic nitrogens is 1. The average molecular weight is 490 g/mol. The van der Waals surface area contributed by atoms with Crippen molar-refractivity contribution in [1.29, 1.82) is 5.26 Å². The number of amides is 1. The highest BCUT2D eigenvalue weighted by Gasteiger charge is 2.37. The molecule has 1 saturated heterocycles. The molecule has 0 saturated carbocycles. The predicted octanol–water partition coefficient (Wildman–Crippen LogP) is 3.83. The summed E-state index contributed by atoms with van der Waals surface area (Å²) in [6.45, 7) is 1.99. The van der Waals surface area contributed by atoms with E-state index in [2.05, 4.69) is 4.98 Å². The van der Waals surface area contributed by atoms with Gasteiger partial charge >= 0.3 is 6.18 Å². The Hall–Kier alpha value is -2.10. The molecular weight excluding hydrogens is 471 g/mol. The minimum atomic E-state index is -4.76. The Morgan fingerprint density at radius 2 is 2.19 bits per heavy atom. The number of alkyl halides is 3. The molecule has 0 radical (unpaired) electrons. The van der Waals surface area contributed by atoms with Crippen molar-refractivity contribution in [3.63, 3.8) is 0 Å². The molecule has 166 valence electrons. The number of hydrogen-bond donors (Lipinski definition) is 0. The molecule has 1 amide bonds. The van der Waals surface area contributed by atoms with E-state index in [1.807, 2.05) is 0 Å². The van der Waals surface area contributed by atoms with Gasteiger partial charge in [-0.1, -0.05) is 17.8 Å². The fourth-order valence-corrected chi connectivity index (χ4v) is 6.69. The number of nitriles is 1. The molecule has 1 aliphatic rings. The lowest BCUT2D eigenvalue weighted by Gasteiger charge is -2.26. The average Bonchev–Trinajstić information content (AvgIpc) is 3.35. The van der Waals surface area contributed by atoms with Crippen molar-refractivity contribution in [3.8, 4) is 16.6 Å². The van der Waals surface area contributed by atoms with Gasteiger partial charge in [-0.15, -0.1) is 11.3 Å². The highest BCUT2D eigenvalue weighted by atomic mass is 32.2. The summed E-state index contributed by atoms with van der Waals surface area (Å²) in [7, 11) is -3.19. The molecule has 0 aromatic carbocycles.